The van der Waals surface area contributed by atoms with Crippen molar-refractivity contribution >= 4 is 17.5 Å². The van der Waals surface area contributed by atoms with Crippen LogP contribution >= 0.6 is 0 Å². The van der Waals surface area contributed by atoms with Gasteiger partial charge in [-0.2, -0.15) is 5.10 Å². The molecule has 0 spiro atoms. The molecule has 0 aliphatic heterocycles. The second-order valence-electron chi connectivity index (χ2n) is 6.68. The van der Waals surface area contributed by atoms with Gasteiger partial charge in [-0.1, -0.05) is 19.3 Å². The standard InChI is InChI=1S/C17H22N6O/c24-17(19-12-4-2-1-3-5-12)16-18-9-8-14(21-16)20-15-10-13(22-23-15)11-6-7-11/h8-12H,1-7H2,(H,19,24)(H2,18,20,21,22,23). The summed E-state index contributed by atoms with van der Waals surface area (Å²) < 4.78 is 0. The summed E-state index contributed by atoms with van der Waals surface area (Å²) >= 11 is 0. The number of hydrogen-bond acceptors (Lipinski definition) is 5. The number of H-pyrrole nitrogens is 1. The molecule has 0 aromatic carbocycles. The highest BCUT2D eigenvalue weighted by Gasteiger charge is 2.25. The van der Waals surface area contributed by atoms with Gasteiger partial charge >= 0.3 is 0 Å². The highest BCUT2D eigenvalue weighted by Crippen LogP contribution is 2.39. The van der Waals surface area contributed by atoms with Gasteiger partial charge in [0.15, 0.2) is 5.82 Å². The zero-order valence-corrected chi connectivity index (χ0v) is 13.6. The summed E-state index contributed by atoms with van der Waals surface area (Å²) in [6.45, 7) is 0. The first-order valence-electron chi connectivity index (χ1n) is 8.74. The molecule has 1 amide bonds. The van der Waals surface area contributed by atoms with E-state index in [1.54, 1.807) is 12.3 Å². The maximum Gasteiger partial charge on any atom is 0.289 e. The quantitative estimate of drug-likeness (QED) is 0.785. The Morgan fingerprint density at radius 3 is 2.75 bits per heavy atom. The van der Waals surface area contributed by atoms with Crippen LogP contribution in [0.5, 0.6) is 0 Å². The maximum atomic E-state index is 12.3. The van der Waals surface area contributed by atoms with Crippen molar-refractivity contribution in [3.8, 4) is 0 Å². The minimum absolute atomic E-state index is 0.198. The number of aromatic amines is 1. The van der Waals surface area contributed by atoms with Gasteiger partial charge in [0, 0.05) is 29.9 Å². The summed E-state index contributed by atoms with van der Waals surface area (Å²) in [4.78, 5) is 20.7. The molecular weight excluding hydrogens is 304 g/mol. The Bertz CT molecular complexity index is 717. The monoisotopic (exact) mass is 326 g/mol. The molecule has 7 heteroatoms. The Hall–Kier alpha value is -2.44. The molecule has 2 aliphatic carbocycles. The third kappa shape index (κ3) is 3.55. The summed E-state index contributed by atoms with van der Waals surface area (Å²) in [6.07, 6.45) is 9.74. The molecule has 3 N–H and O–H groups in total. The van der Waals surface area contributed by atoms with E-state index < -0.39 is 0 Å². The molecule has 2 heterocycles. The number of rotatable bonds is 5. The van der Waals surface area contributed by atoms with Crippen LogP contribution in [0, 0.1) is 0 Å². The average molecular weight is 326 g/mol. The minimum atomic E-state index is -0.203. The fourth-order valence-electron chi connectivity index (χ4n) is 3.17. The van der Waals surface area contributed by atoms with Crippen molar-refractivity contribution in [1.29, 1.82) is 0 Å². The number of anilines is 2. The summed E-state index contributed by atoms with van der Waals surface area (Å²) in [5, 5.41) is 13.5. The normalized spacial score (nSPS) is 18.3. The average Bonchev–Trinajstić information content (AvgIpc) is 3.36. The van der Waals surface area contributed by atoms with Crippen molar-refractivity contribution in [2.24, 2.45) is 0 Å². The third-order valence-electron chi connectivity index (χ3n) is 4.67. The molecule has 126 valence electrons. The first kappa shape index (κ1) is 15.1. The van der Waals surface area contributed by atoms with E-state index in [1.165, 1.54) is 32.1 Å². The number of hydrogen-bond donors (Lipinski definition) is 3. The van der Waals surface area contributed by atoms with Crippen LogP contribution in [0.1, 0.15) is 67.2 Å². The Kier molecular flexibility index (Phi) is 4.15. The molecule has 2 fully saturated rings. The van der Waals surface area contributed by atoms with Gasteiger partial charge in [-0.15, -0.1) is 0 Å². The minimum Gasteiger partial charge on any atom is -0.347 e. The van der Waals surface area contributed by atoms with Crippen LogP contribution in [-0.4, -0.2) is 32.1 Å². The zero-order valence-electron chi connectivity index (χ0n) is 13.6. The molecule has 0 atom stereocenters. The van der Waals surface area contributed by atoms with E-state index in [4.69, 9.17) is 0 Å². The summed E-state index contributed by atoms with van der Waals surface area (Å²) in [6, 6.07) is 3.99. The molecule has 2 aliphatic rings. The van der Waals surface area contributed by atoms with Crippen molar-refractivity contribution in [2.75, 3.05) is 5.32 Å². The number of carbonyl (C=O) groups is 1. The SMILES string of the molecule is O=C(NC1CCCCC1)c1nccc(Nc2cc(C3CC3)[nH]n2)n1. The van der Waals surface area contributed by atoms with Gasteiger partial charge in [0.2, 0.25) is 5.82 Å². The summed E-state index contributed by atoms with van der Waals surface area (Å²) in [7, 11) is 0. The molecule has 0 bridgehead atoms. The number of carbonyl (C=O) groups excluding carboxylic acids is 1. The van der Waals surface area contributed by atoms with Crippen molar-refractivity contribution in [3.05, 3.63) is 29.8 Å². The van der Waals surface area contributed by atoms with Crippen LogP contribution in [-0.2, 0) is 0 Å². The summed E-state index contributed by atoms with van der Waals surface area (Å²) in [5.74, 6) is 1.91. The van der Waals surface area contributed by atoms with Gasteiger partial charge in [-0.25, -0.2) is 9.97 Å². The molecule has 2 saturated carbocycles. The highest BCUT2D eigenvalue weighted by atomic mass is 16.2. The second-order valence-corrected chi connectivity index (χ2v) is 6.68. The number of nitrogens with zero attached hydrogens (tertiary/aromatic N) is 3. The Labute approximate surface area is 140 Å². The number of amides is 1. The van der Waals surface area contributed by atoms with Crippen LogP contribution < -0.4 is 10.6 Å². The number of nitrogens with one attached hydrogen (secondary N) is 3. The van der Waals surface area contributed by atoms with E-state index in [1.807, 2.05) is 6.07 Å². The van der Waals surface area contributed by atoms with E-state index in [2.05, 4.69) is 30.8 Å². The molecule has 0 unspecified atom stereocenters. The second kappa shape index (κ2) is 6.59. The van der Waals surface area contributed by atoms with E-state index in [0.717, 1.165) is 18.5 Å². The molecule has 2 aromatic heterocycles. The predicted octanol–water partition coefficient (Wildman–Crippen LogP) is 2.88. The van der Waals surface area contributed by atoms with E-state index in [0.29, 0.717) is 17.6 Å². The van der Waals surface area contributed by atoms with Crippen LogP contribution in [0.2, 0.25) is 0 Å². The molecule has 0 radical (unpaired) electrons. The van der Waals surface area contributed by atoms with Crippen LogP contribution in [0.4, 0.5) is 11.6 Å². The number of aromatic nitrogens is 4. The molecule has 4 rings (SSSR count). The lowest BCUT2D eigenvalue weighted by Gasteiger charge is -2.22. The Morgan fingerprint density at radius 2 is 1.96 bits per heavy atom. The molecule has 24 heavy (non-hydrogen) atoms. The lowest BCUT2D eigenvalue weighted by Crippen LogP contribution is -2.37. The Morgan fingerprint density at radius 1 is 1.12 bits per heavy atom. The smallest absolute Gasteiger partial charge is 0.289 e. The van der Waals surface area contributed by atoms with Crippen molar-refractivity contribution in [1.82, 2.24) is 25.5 Å². The van der Waals surface area contributed by atoms with Gasteiger partial charge in [-0.3, -0.25) is 9.89 Å². The Balaban J connectivity index is 1.41. The predicted molar refractivity (Wildman–Crippen MR) is 90.2 cm³/mol. The first-order chi connectivity index (χ1) is 11.8. The highest BCUT2D eigenvalue weighted by molar-refractivity contribution is 5.91. The topological polar surface area (TPSA) is 95.6 Å². The van der Waals surface area contributed by atoms with E-state index in [-0.39, 0.29) is 17.8 Å². The summed E-state index contributed by atoms with van der Waals surface area (Å²) in [5.41, 5.74) is 1.15. The van der Waals surface area contributed by atoms with Crippen LogP contribution in [0.3, 0.4) is 0 Å². The molecular formula is C17H22N6O. The van der Waals surface area contributed by atoms with Crippen molar-refractivity contribution in [3.63, 3.8) is 0 Å². The van der Waals surface area contributed by atoms with Gasteiger partial charge in [0.1, 0.15) is 5.82 Å². The largest absolute Gasteiger partial charge is 0.347 e. The third-order valence-corrected chi connectivity index (χ3v) is 4.67. The van der Waals surface area contributed by atoms with Crippen molar-refractivity contribution in [2.45, 2.75) is 56.9 Å². The van der Waals surface area contributed by atoms with Gasteiger partial charge < -0.3 is 10.6 Å². The van der Waals surface area contributed by atoms with Gasteiger partial charge in [0.25, 0.3) is 5.91 Å². The van der Waals surface area contributed by atoms with Crippen LogP contribution in [0.15, 0.2) is 18.3 Å². The molecule has 0 saturated heterocycles. The maximum absolute atomic E-state index is 12.3. The van der Waals surface area contributed by atoms with E-state index in [9.17, 15) is 4.79 Å². The first-order valence-corrected chi connectivity index (χ1v) is 8.74. The fourth-order valence-corrected chi connectivity index (χ4v) is 3.17. The van der Waals surface area contributed by atoms with E-state index >= 15 is 0 Å². The van der Waals surface area contributed by atoms with Gasteiger partial charge in [0.05, 0.1) is 0 Å². The lowest BCUT2D eigenvalue weighted by atomic mass is 9.95. The fraction of sp³-hybridized carbons (Fsp3) is 0.529. The molecule has 2 aromatic rings. The molecule has 7 nitrogen and oxygen atoms in total. The zero-order chi connectivity index (χ0) is 16.4. The van der Waals surface area contributed by atoms with Gasteiger partial charge in [-0.05, 0) is 31.7 Å². The lowest BCUT2D eigenvalue weighted by molar-refractivity contribution is 0.0917. The van der Waals surface area contributed by atoms with Crippen molar-refractivity contribution < 1.29 is 4.79 Å². The van der Waals surface area contributed by atoms with Crippen LogP contribution in [0.25, 0.3) is 0 Å².